The summed E-state index contributed by atoms with van der Waals surface area (Å²) >= 11 is 1.78. The second-order valence-electron chi connectivity index (χ2n) is 3.37. The van der Waals surface area contributed by atoms with Gasteiger partial charge in [0.2, 0.25) is 0 Å². The van der Waals surface area contributed by atoms with Crippen LogP contribution in [-0.2, 0) is 0 Å². The fraction of sp³-hybridized carbons (Fsp3) is 0.714. The number of hydrogen-bond donors (Lipinski definition) is 0. The van der Waals surface area contributed by atoms with Crippen molar-refractivity contribution in [3.63, 3.8) is 0 Å². The standard InChI is InChI=1S/C7H16SSi/c1-8-6-5-7-9(2,3)4/h5-6H,7H2,1-4H3. The van der Waals surface area contributed by atoms with Gasteiger partial charge in [0.05, 0.1) is 0 Å². The first-order chi connectivity index (χ1) is 4.06. The van der Waals surface area contributed by atoms with E-state index in [9.17, 15) is 0 Å². The lowest BCUT2D eigenvalue weighted by Crippen LogP contribution is -2.17. The molecule has 0 atom stereocenters. The molecule has 0 amide bonds. The SMILES string of the molecule is CSC=CC[Si](C)(C)C. The van der Waals surface area contributed by atoms with E-state index in [-0.39, 0.29) is 0 Å². The van der Waals surface area contributed by atoms with Gasteiger partial charge >= 0.3 is 0 Å². The topological polar surface area (TPSA) is 0 Å². The van der Waals surface area contributed by atoms with E-state index in [1.807, 2.05) is 0 Å². The highest BCUT2D eigenvalue weighted by atomic mass is 32.2. The summed E-state index contributed by atoms with van der Waals surface area (Å²) in [6.07, 6.45) is 4.39. The van der Waals surface area contributed by atoms with Gasteiger partial charge in [-0.05, 0) is 17.7 Å². The zero-order valence-electron chi connectivity index (χ0n) is 6.77. The first-order valence-electron chi connectivity index (χ1n) is 3.24. The number of allylic oxidation sites excluding steroid dienone is 1. The van der Waals surface area contributed by atoms with Crippen LogP contribution in [0.25, 0.3) is 0 Å². The van der Waals surface area contributed by atoms with E-state index >= 15 is 0 Å². The van der Waals surface area contributed by atoms with Crippen LogP contribution in [0, 0.1) is 0 Å². The Morgan fingerprint density at radius 2 is 1.89 bits per heavy atom. The highest BCUT2D eigenvalue weighted by molar-refractivity contribution is 8.01. The second-order valence-corrected chi connectivity index (χ2v) is 9.65. The van der Waals surface area contributed by atoms with Gasteiger partial charge in [-0.1, -0.05) is 25.7 Å². The highest BCUT2D eigenvalue weighted by Gasteiger charge is 2.08. The molecule has 0 spiro atoms. The van der Waals surface area contributed by atoms with Crippen molar-refractivity contribution in [1.29, 1.82) is 0 Å². The third-order valence-electron chi connectivity index (χ3n) is 0.963. The smallest absolute Gasteiger partial charge is 0.0480 e. The zero-order valence-corrected chi connectivity index (χ0v) is 8.59. The molecule has 0 saturated heterocycles. The molecule has 0 aliphatic carbocycles. The van der Waals surface area contributed by atoms with Crippen molar-refractivity contribution in [3.05, 3.63) is 11.5 Å². The van der Waals surface area contributed by atoms with E-state index in [2.05, 4.69) is 37.4 Å². The molecule has 2 heteroatoms. The Balaban J connectivity index is 3.38. The summed E-state index contributed by atoms with van der Waals surface area (Å²) in [7, 11) is -0.795. The number of thioether (sulfide) groups is 1. The van der Waals surface area contributed by atoms with E-state index in [0.717, 1.165) is 0 Å². The van der Waals surface area contributed by atoms with Crippen LogP contribution in [0.1, 0.15) is 0 Å². The van der Waals surface area contributed by atoms with Gasteiger partial charge in [-0.25, -0.2) is 0 Å². The summed E-state index contributed by atoms with van der Waals surface area (Å²) in [5.41, 5.74) is 0. The van der Waals surface area contributed by atoms with E-state index in [1.165, 1.54) is 6.04 Å². The van der Waals surface area contributed by atoms with Gasteiger partial charge < -0.3 is 0 Å². The first kappa shape index (κ1) is 9.31. The van der Waals surface area contributed by atoms with Crippen molar-refractivity contribution in [2.24, 2.45) is 0 Å². The maximum absolute atomic E-state index is 2.39. The molecule has 54 valence electrons. The Morgan fingerprint density at radius 1 is 1.33 bits per heavy atom. The van der Waals surface area contributed by atoms with Crippen LogP contribution in [0.5, 0.6) is 0 Å². The Bertz CT molecular complexity index is 91.6. The summed E-state index contributed by atoms with van der Waals surface area (Å²) in [4.78, 5) is 0. The predicted octanol–water partition coefficient (Wildman–Crippen LogP) is 3.20. The maximum atomic E-state index is 2.39. The maximum Gasteiger partial charge on any atom is 0.0480 e. The molecule has 0 rings (SSSR count). The van der Waals surface area contributed by atoms with Crippen molar-refractivity contribution >= 4 is 19.8 Å². The van der Waals surface area contributed by atoms with Crippen LogP contribution in [-0.4, -0.2) is 14.3 Å². The molecule has 0 bridgehead atoms. The molecule has 0 N–H and O–H groups in total. The van der Waals surface area contributed by atoms with Crippen LogP contribution < -0.4 is 0 Å². The van der Waals surface area contributed by atoms with Gasteiger partial charge in [-0.3, -0.25) is 0 Å². The van der Waals surface area contributed by atoms with E-state index in [1.54, 1.807) is 11.8 Å². The van der Waals surface area contributed by atoms with Crippen LogP contribution >= 0.6 is 11.8 Å². The largest absolute Gasteiger partial charge is 0.138 e. The fourth-order valence-corrected chi connectivity index (χ4v) is 1.78. The zero-order chi connectivity index (χ0) is 7.33. The monoisotopic (exact) mass is 160 g/mol. The minimum absolute atomic E-state index is 0.795. The lowest BCUT2D eigenvalue weighted by atomic mass is 10.8. The molecule has 0 aliphatic rings. The third kappa shape index (κ3) is 8.31. The third-order valence-corrected chi connectivity index (χ3v) is 2.89. The molecule has 0 radical (unpaired) electrons. The molecule has 0 saturated carbocycles. The summed E-state index contributed by atoms with van der Waals surface area (Å²) < 4.78 is 0. The molecule has 0 nitrogen and oxygen atoms in total. The molecule has 0 aliphatic heterocycles. The minimum Gasteiger partial charge on any atom is -0.138 e. The fourth-order valence-electron chi connectivity index (χ4n) is 0.498. The molecular weight excluding hydrogens is 144 g/mol. The highest BCUT2D eigenvalue weighted by Crippen LogP contribution is 2.09. The number of hydrogen-bond acceptors (Lipinski definition) is 1. The molecular formula is C7H16SSi. The lowest BCUT2D eigenvalue weighted by Gasteiger charge is -2.10. The van der Waals surface area contributed by atoms with Crippen LogP contribution in [0.15, 0.2) is 11.5 Å². The molecule has 0 aromatic heterocycles. The van der Waals surface area contributed by atoms with Gasteiger partial charge in [0.25, 0.3) is 0 Å². The van der Waals surface area contributed by atoms with E-state index in [0.29, 0.717) is 0 Å². The Hall–Kier alpha value is 0.307. The Morgan fingerprint density at radius 3 is 2.22 bits per heavy atom. The molecule has 9 heavy (non-hydrogen) atoms. The van der Waals surface area contributed by atoms with Crippen molar-refractivity contribution in [1.82, 2.24) is 0 Å². The van der Waals surface area contributed by atoms with Gasteiger partial charge in [-0.15, -0.1) is 11.8 Å². The summed E-state index contributed by atoms with van der Waals surface area (Å²) in [5, 5.41) is 2.18. The van der Waals surface area contributed by atoms with Gasteiger partial charge in [0, 0.05) is 8.07 Å². The summed E-state index contributed by atoms with van der Waals surface area (Å²) in [5.74, 6) is 0. The average Bonchev–Trinajstić information content (AvgIpc) is 1.63. The van der Waals surface area contributed by atoms with Crippen LogP contribution in [0.4, 0.5) is 0 Å². The van der Waals surface area contributed by atoms with Crippen LogP contribution in [0.3, 0.4) is 0 Å². The second kappa shape index (κ2) is 4.17. The molecule has 0 aromatic carbocycles. The van der Waals surface area contributed by atoms with Gasteiger partial charge in [0.1, 0.15) is 0 Å². The van der Waals surface area contributed by atoms with E-state index < -0.39 is 8.07 Å². The molecule has 0 heterocycles. The lowest BCUT2D eigenvalue weighted by molar-refractivity contribution is 1.52. The predicted molar refractivity (Wildman–Crippen MR) is 50.8 cm³/mol. The van der Waals surface area contributed by atoms with Crippen molar-refractivity contribution < 1.29 is 0 Å². The Labute approximate surface area is 63.7 Å². The normalized spacial score (nSPS) is 12.9. The summed E-state index contributed by atoms with van der Waals surface area (Å²) in [6, 6.07) is 1.31. The molecule has 0 aromatic rings. The average molecular weight is 160 g/mol. The van der Waals surface area contributed by atoms with Gasteiger partial charge in [0.15, 0.2) is 0 Å². The number of rotatable bonds is 3. The first-order valence-corrected chi connectivity index (χ1v) is 8.23. The molecule has 0 fully saturated rings. The quantitative estimate of drug-likeness (QED) is 0.571. The Kier molecular flexibility index (Phi) is 4.32. The van der Waals surface area contributed by atoms with Crippen molar-refractivity contribution in [2.45, 2.75) is 25.7 Å². The van der Waals surface area contributed by atoms with Gasteiger partial charge in [-0.2, -0.15) is 0 Å². The minimum atomic E-state index is -0.795. The van der Waals surface area contributed by atoms with Crippen molar-refractivity contribution in [3.8, 4) is 0 Å². The molecule has 0 unspecified atom stereocenters. The summed E-state index contributed by atoms with van der Waals surface area (Å²) in [6.45, 7) is 7.16. The van der Waals surface area contributed by atoms with Crippen molar-refractivity contribution in [2.75, 3.05) is 6.26 Å². The van der Waals surface area contributed by atoms with E-state index in [4.69, 9.17) is 0 Å². The van der Waals surface area contributed by atoms with Crippen LogP contribution in [0.2, 0.25) is 25.7 Å².